The SMILES string of the molecule is O=C1NC23NC(=O)NC2(N1)c1cccnc1-c1ncccc13.[CH2-]N.[CH2-]N.[Co+2]. The van der Waals surface area contributed by atoms with Crippen LogP contribution in [-0.4, -0.2) is 22.0 Å². The molecule has 2 aromatic rings. The summed E-state index contributed by atoms with van der Waals surface area (Å²) in [6.45, 7) is 0. The van der Waals surface area contributed by atoms with Gasteiger partial charge in [-0.3, -0.25) is 24.1 Å². The molecule has 8 N–H and O–H groups in total. The topological polar surface area (TPSA) is 160 Å². The second kappa shape index (κ2) is 7.48. The van der Waals surface area contributed by atoms with Crippen molar-refractivity contribution >= 4 is 12.1 Å². The molecule has 0 aromatic carbocycles. The van der Waals surface area contributed by atoms with Gasteiger partial charge in [-0.05, 0) is 12.1 Å². The minimum atomic E-state index is -1.12. The Balaban J connectivity index is 0.000000493. The van der Waals surface area contributed by atoms with Gasteiger partial charge in [0.05, 0.1) is 11.4 Å². The first kappa shape index (κ1) is 20.6. The summed E-state index contributed by atoms with van der Waals surface area (Å²) < 4.78 is 0. The van der Waals surface area contributed by atoms with Gasteiger partial charge in [-0.1, -0.05) is 12.1 Å². The summed E-state index contributed by atoms with van der Waals surface area (Å²) in [5.74, 6) is 0. The quantitative estimate of drug-likeness (QED) is 0.321. The fourth-order valence-corrected chi connectivity index (χ4v) is 3.65. The molecule has 2 saturated heterocycles. The maximum Gasteiger partial charge on any atom is 2.00 e. The van der Waals surface area contributed by atoms with E-state index in [4.69, 9.17) is 0 Å². The van der Waals surface area contributed by atoms with Crippen molar-refractivity contribution in [3.05, 3.63) is 61.9 Å². The number of pyridine rings is 2. The second-order valence-corrected chi connectivity index (χ2v) is 5.46. The number of fused-ring (bicyclic) bond motifs is 3. The van der Waals surface area contributed by atoms with Crippen LogP contribution in [0.15, 0.2) is 36.7 Å². The summed E-state index contributed by atoms with van der Waals surface area (Å²) in [6.07, 6.45) is 3.32. The number of carbonyl (C=O) groups is 2. The molecule has 143 valence electrons. The van der Waals surface area contributed by atoms with E-state index in [2.05, 4.69) is 56.8 Å². The van der Waals surface area contributed by atoms with E-state index in [9.17, 15) is 9.59 Å². The number of nitrogens with two attached hydrogens (primary N) is 2. The normalized spacial score (nSPS) is 24.9. The number of nitrogens with one attached hydrogen (secondary N) is 4. The first-order valence-electron chi connectivity index (χ1n) is 7.60. The molecule has 27 heavy (non-hydrogen) atoms. The van der Waals surface area contributed by atoms with E-state index < -0.39 is 11.3 Å². The molecule has 1 aliphatic carbocycles. The molecule has 4 heterocycles. The van der Waals surface area contributed by atoms with E-state index >= 15 is 0 Å². The number of rotatable bonds is 0. The number of carbonyl (C=O) groups excluding carboxylic acids is 2. The van der Waals surface area contributed by atoms with Crippen molar-refractivity contribution in [3.63, 3.8) is 0 Å². The third kappa shape index (κ3) is 2.55. The average Bonchev–Trinajstić information content (AvgIpc) is 3.13. The van der Waals surface area contributed by atoms with Gasteiger partial charge in [-0.25, -0.2) is 9.59 Å². The number of aromatic nitrogens is 2. The van der Waals surface area contributed by atoms with Gasteiger partial charge in [0.1, 0.15) is 0 Å². The van der Waals surface area contributed by atoms with Gasteiger partial charge < -0.3 is 32.7 Å². The fraction of sp³-hybridized carbons (Fsp3) is 0.125. The predicted octanol–water partition coefficient (Wildman–Crippen LogP) is -0.441. The Labute approximate surface area is 166 Å². The number of hydrogen-bond donors (Lipinski definition) is 6. The molecule has 1 radical (unpaired) electrons. The van der Waals surface area contributed by atoms with Crippen molar-refractivity contribution < 1.29 is 26.4 Å². The predicted molar refractivity (Wildman–Crippen MR) is 93.2 cm³/mol. The zero-order valence-electron chi connectivity index (χ0n) is 14.1. The number of nitrogens with zero attached hydrogens (tertiary/aromatic N) is 2. The Morgan fingerprint density at radius 1 is 0.741 bits per heavy atom. The van der Waals surface area contributed by atoms with E-state index in [0.29, 0.717) is 22.5 Å². The summed E-state index contributed by atoms with van der Waals surface area (Å²) in [7, 11) is 5.50. The Kier molecular flexibility index (Phi) is 5.70. The summed E-state index contributed by atoms with van der Waals surface area (Å²) in [5.41, 5.74) is 8.92. The van der Waals surface area contributed by atoms with E-state index in [1.807, 2.05) is 12.1 Å². The zero-order valence-corrected chi connectivity index (χ0v) is 15.1. The molecule has 5 rings (SSSR count). The molecule has 0 unspecified atom stereocenters. The molecule has 2 fully saturated rings. The monoisotopic (exact) mass is 413 g/mol. The van der Waals surface area contributed by atoms with Gasteiger partial charge in [0.15, 0.2) is 11.3 Å². The van der Waals surface area contributed by atoms with Crippen molar-refractivity contribution in [2.24, 2.45) is 11.5 Å². The number of hydrogen-bond acceptors (Lipinski definition) is 6. The molecule has 2 aliphatic heterocycles. The Bertz CT molecular complexity index is 788. The van der Waals surface area contributed by atoms with Gasteiger partial charge >= 0.3 is 28.8 Å². The van der Waals surface area contributed by atoms with Gasteiger partial charge in [-0.15, -0.1) is 0 Å². The first-order chi connectivity index (χ1) is 12.7. The Morgan fingerprint density at radius 2 is 1.07 bits per heavy atom. The van der Waals surface area contributed by atoms with Crippen molar-refractivity contribution in [2.45, 2.75) is 11.3 Å². The van der Waals surface area contributed by atoms with Crippen LogP contribution in [0.25, 0.3) is 11.4 Å². The molecule has 0 spiro atoms. The largest absolute Gasteiger partial charge is 2.00 e. The molecule has 0 bridgehead atoms. The first-order valence-corrected chi connectivity index (χ1v) is 7.60. The molecule has 2 aromatic heterocycles. The van der Waals surface area contributed by atoms with Crippen LogP contribution in [0.4, 0.5) is 9.59 Å². The zero-order chi connectivity index (χ0) is 18.9. The van der Waals surface area contributed by atoms with E-state index in [0.717, 1.165) is 0 Å². The van der Waals surface area contributed by atoms with Crippen LogP contribution in [0, 0.1) is 14.1 Å². The van der Waals surface area contributed by atoms with Gasteiger partial charge in [-0.2, -0.15) is 0 Å². The van der Waals surface area contributed by atoms with Crippen LogP contribution in [0.5, 0.6) is 0 Å². The van der Waals surface area contributed by atoms with E-state index in [1.54, 1.807) is 24.5 Å². The van der Waals surface area contributed by atoms with Gasteiger partial charge in [0.2, 0.25) is 0 Å². The summed E-state index contributed by atoms with van der Waals surface area (Å²) in [6, 6.07) is 6.44. The average molecular weight is 413 g/mol. The van der Waals surface area contributed by atoms with E-state index in [-0.39, 0.29) is 28.8 Å². The maximum absolute atomic E-state index is 12.1. The Hall–Kier alpha value is -2.73. The summed E-state index contributed by atoms with van der Waals surface area (Å²) in [5, 5.41) is 11.3. The van der Waals surface area contributed by atoms with Crippen LogP contribution in [0.3, 0.4) is 0 Å². The van der Waals surface area contributed by atoms with Crippen LogP contribution in [-0.2, 0) is 28.1 Å². The summed E-state index contributed by atoms with van der Waals surface area (Å²) in [4.78, 5) is 33.0. The minimum absolute atomic E-state index is 0. The molecule has 4 amide bonds. The standard InChI is InChI=1S/C14H10N6O2.2CH4N.Co/c21-11-17-13-7-3-1-5-15-9(7)10-8(4-2-6-16-10)14(13,19-11)20-12(22)18-13;2*1-2;/h1-6H,(H2,17,19,21)(H2,18,20,22);2*1-2H2;/q;2*-1;+2. The molecular weight excluding hydrogens is 395 g/mol. The molecule has 10 nitrogen and oxygen atoms in total. The van der Waals surface area contributed by atoms with Gasteiger partial charge in [0.25, 0.3) is 0 Å². The molecular formula is C16H18CoN8O2. The van der Waals surface area contributed by atoms with Crippen molar-refractivity contribution in [2.75, 3.05) is 0 Å². The van der Waals surface area contributed by atoms with Gasteiger partial charge in [0, 0.05) is 23.5 Å². The fourth-order valence-electron chi connectivity index (χ4n) is 3.65. The minimum Gasteiger partial charge on any atom is -0.486 e. The van der Waals surface area contributed by atoms with Crippen molar-refractivity contribution in [1.29, 1.82) is 0 Å². The molecule has 0 saturated carbocycles. The van der Waals surface area contributed by atoms with Crippen LogP contribution in [0.1, 0.15) is 11.1 Å². The molecule has 11 heteroatoms. The van der Waals surface area contributed by atoms with Crippen LogP contribution in [0.2, 0.25) is 0 Å². The van der Waals surface area contributed by atoms with Crippen LogP contribution < -0.4 is 32.7 Å². The number of amides is 4. The Morgan fingerprint density at radius 3 is 1.41 bits per heavy atom. The van der Waals surface area contributed by atoms with Crippen molar-refractivity contribution in [3.8, 4) is 11.4 Å². The molecule has 0 atom stereocenters. The van der Waals surface area contributed by atoms with Crippen LogP contribution >= 0.6 is 0 Å². The maximum atomic E-state index is 12.1. The second-order valence-electron chi connectivity index (χ2n) is 5.46. The third-order valence-corrected chi connectivity index (χ3v) is 4.41. The number of urea groups is 2. The van der Waals surface area contributed by atoms with Crippen molar-refractivity contribution in [1.82, 2.24) is 31.2 Å². The smallest absolute Gasteiger partial charge is 0.486 e. The summed E-state index contributed by atoms with van der Waals surface area (Å²) >= 11 is 0. The third-order valence-electron chi connectivity index (χ3n) is 4.41. The van der Waals surface area contributed by atoms with E-state index in [1.165, 1.54) is 0 Å². The molecule has 3 aliphatic rings.